The number of carbonyl (C=O) groups is 1. The minimum absolute atomic E-state index is 0.110. The number of benzene rings is 1. The number of hydrogen-bond donors (Lipinski definition) is 0. The minimum atomic E-state index is -0.309. The largest absolute Gasteiger partial charge is 0.489 e. The van der Waals surface area contributed by atoms with Crippen molar-refractivity contribution in [2.45, 2.75) is 33.3 Å². The Bertz CT molecular complexity index is 408. The Balaban J connectivity index is 1.91. The predicted molar refractivity (Wildman–Crippen MR) is 70.3 cm³/mol. The Hall–Kier alpha value is -1.51. The highest BCUT2D eigenvalue weighted by Crippen LogP contribution is 2.23. The van der Waals surface area contributed by atoms with E-state index < -0.39 is 0 Å². The number of carbonyl (C=O) groups excluding carboxylic acids is 1. The molecule has 0 bridgehead atoms. The molecule has 0 aromatic heterocycles. The van der Waals surface area contributed by atoms with Crippen molar-refractivity contribution >= 4 is 5.91 Å². The van der Waals surface area contributed by atoms with E-state index in [9.17, 15) is 4.79 Å². The molecule has 3 nitrogen and oxygen atoms in total. The Labute approximate surface area is 109 Å². The van der Waals surface area contributed by atoms with E-state index in [1.54, 1.807) is 0 Å². The Morgan fingerprint density at radius 2 is 2.06 bits per heavy atom. The lowest BCUT2D eigenvalue weighted by Crippen LogP contribution is -2.38. The lowest BCUT2D eigenvalue weighted by atomic mass is 9.95. The first-order valence-electron chi connectivity index (χ1n) is 6.39. The van der Waals surface area contributed by atoms with Gasteiger partial charge in [0.1, 0.15) is 11.9 Å². The van der Waals surface area contributed by atoms with E-state index in [0.717, 1.165) is 18.7 Å². The fourth-order valence-corrected chi connectivity index (χ4v) is 2.13. The molecule has 1 radical (unpaired) electrons. The maximum atomic E-state index is 12.1. The van der Waals surface area contributed by atoms with Crippen LogP contribution in [-0.2, 0) is 4.79 Å². The number of ether oxygens (including phenoxy) is 1. The van der Waals surface area contributed by atoms with Crippen molar-refractivity contribution in [3.05, 3.63) is 30.3 Å². The van der Waals surface area contributed by atoms with Gasteiger partial charge in [0.2, 0.25) is 5.91 Å². The highest BCUT2D eigenvalue weighted by Gasteiger charge is 2.33. The third kappa shape index (κ3) is 3.03. The van der Waals surface area contributed by atoms with Gasteiger partial charge in [-0.05, 0) is 18.2 Å². The molecule has 2 rings (SSSR count). The number of hydrogen-bond acceptors (Lipinski definition) is 2. The van der Waals surface area contributed by atoms with Gasteiger partial charge in [-0.25, -0.2) is 0 Å². The Morgan fingerprint density at radius 3 is 2.67 bits per heavy atom. The summed E-state index contributed by atoms with van der Waals surface area (Å²) in [4.78, 5) is 14.0. The van der Waals surface area contributed by atoms with Crippen LogP contribution >= 0.6 is 0 Å². The second kappa shape index (κ2) is 5.01. The monoisotopic (exact) mass is 246 g/mol. The van der Waals surface area contributed by atoms with Crippen LogP contribution in [-0.4, -0.2) is 30.0 Å². The highest BCUT2D eigenvalue weighted by molar-refractivity contribution is 5.81. The van der Waals surface area contributed by atoms with Crippen molar-refractivity contribution in [3.8, 4) is 5.75 Å². The topological polar surface area (TPSA) is 29.5 Å². The van der Waals surface area contributed by atoms with E-state index >= 15 is 0 Å². The SMILES string of the molecule is CC(C)(C)C(=O)N1CC[C@@H](Oc2cc[c]cc2)C1. The average Bonchev–Trinajstić information content (AvgIpc) is 2.76. The van der Waals surface area contributed by atoms with Gasteiger partial charge in [0, 0.05) is 18.4 Å². The summed E-state index contributed by atoms with van der Waals surface area (Å²) in [6.45, 7) is 7.35. The zero-order valence-corrected chi connectivity index (χ0v) is 11.3. The van der Waals surface area contributed by atoms with Crippen molar-refractivity contribution in [3.63, 3.8) is 0 Å². The molecule has 18 heavy (non-hydrogen) atoms. The standard InChI is InChI=1S/C15H20NO2/c1-15(2,3)14(17)16-10-9-13(11-16)18-12-7-5-4-6-8-12/h5-8,13H,9-11H2,1-3H3/t13-/m1/s1. The Morgan fingerprint density at radius 1 is 1.39 bits per heavy atom. The van der Waals surface area contributed by atoms with Gasteiger partial charge in [-0.2, -0.15) is 0 Å². The maximum Gasteiger partial charge on any atom is 0.228 e. The summed E-state index contributed by atoms with van der Waals surface area (Å²) in [7, 11) is 0. The van der Waals surface area contributed by atoms with Gasteiger partial charge in [-0.15, -0.1) is 0 Å². The molecule has 1 amide bonds. The van der Waals surface area contributed by atoms with E-state index in [1.807, 2.05) is 49.9 Å². The molecule has 0 N–H and O–H groups in total. The van der Waals surface area contributed by atoms with Gasteiger partial charge >= 0.3 is 0 Å². The summed E-state index contributed by atoms with van der Waals surface area (Å²) in [6.07, 6.45) is 1.01. The van der Waals surface area contributed by atoms with Gasteiger partial charge in [-0.3, -0.25) is 4.79 Å². The summed E-state index contributed by atoms with van der Waals surface area (Å²) >= 11 is 0. The molecule has 1 heterocycles. The molecule has 1 aromatic rings. The van der Waals surface area contributed by atoms with Crippen molar-refractivity contribution < 1.29 is 9.53 Å². The van der Waals surface area contributed by atoms with Crippen LogP contribution in [0.25, 0.3) is 0 Å². The normalized spacial score (nSPS) is 19.9. The number of amides is 1. The summed E-state index contributed by atoms with van der Waals surface area (Å²) < 4.78 is 5.85. The summed E-state index contributed by atoms with van der Waals surface area (Å²) in [5.41, 5.74) is -0.309. The van der Waals surface area contributed by atoms with Crippen LogP contribution in [0.4, 0.5) is 0 Å². The van der Waals surface area contributed by atoms with Crippen molar-refractivity contribution in [2.24, 2.45) is 5.41 Å². The second-order valence-electron chi connectivity index (χ2n) is 5.77. The molecule has 97 valence electrons. The van der Waals surface area contributed by atoms with Crippen LogP contribution in [0, 0.1) is 11.5 Å². The third-order valence-electron chi connectivity index (χ3n) is 3.06. The van der Waals surface area contributed by atoms with Gasteiger partial charge in [0.05, 0.1) is 6.54 Å². The molecule has 0 unspecified atom stereocenters. The fourth-order valence-electron chi connectivity index (χ4n) is 2.13. The van der Waals surface area contributed by atoms with Crippen molar-refractivity contribution in [1.29, 1.82) is 0 Å². The van der Waals surface area contributed by atoms with E-state index in [1.165, 1.54) is 0 Å². The maximum absolute atomic E-state index is 12.1. The number of likely N-dealkylation sites (tertiary alicyclic amines) is 1. The summed E-state index contributed by atoms with van der Waals surface area (Å²) in [6, 6.07) is 10.4. The first-order valence-corrected chi connectivity index (χ1v) is 6.39. The number of rotatable bonds is 2. The molecular formula is C15H20NO2. The molecule has 1 fully saturated rings. The predicted octanol–water partition coefficient (Wildman–Crippen LogP) is 2.51. The molecule has 1 aromatic carbocycles. The average molecular weight is 246 g/mol. The fraction of sp³-hybridized carbons (Fsp3) is 0.533. The van der Waals surface area contributed by atoms with Gasteiger partial charge in [0.15, 0.2) is 0 Å². The van der Waals surface area contributed by atoms with Crippen LogP contribution < -0.4 is 4.74 Å². The van der Waals surface area contributed by atoms with Gasteiger partial charge < -0.3 is 9.64 Å². The first-order chi connectivity index (χ1) is 8.47. The molecule has 1 aliphatic rings. The quantitative estimate of drug-likeness (QED) is 0.802. The molecule has 1 saturated heterocycles. The second-order valence-corrected chi connectivity index (χ2v) is 5.77. The van der Waals surface area contributed by atoms with Crippen LogP contribution in [0.15, 0.2) is 24.3 Å². The lowest BCUT2D eigenvalue weighted by Gasteiger charge is -2.25. The van der Waals surface area contributed by atoms with Crippen LogP contribution in [0.3, 0.4) is 0 Å². The van der Waals surface area contributed by atoms with Crippen LogP contribution in [0.1, 0.15) is 27.2 Å². The van der Waals surface area contributed by atoms with Gasteiger partial charge in [-0.1, -0.05) is 32.9 Å². The smallest absolute Gasteiger partial charge is 0.228 e. The molecule has 0 spiro atoms. The van der Waals surface area contributed by atoms with E-state index in [-0.39, 0.29) is 17.4 Å². The lowest BCUT2D eigenvalue weighted by molar-refractivity contribution is -0.138. The zero-order chi connectivity index (χ0) is 13.2. The van der Waals surface area contributed by atoms with Gasteiger partial charge in [0.25, 0.3) is 0 Å². The molecule has 0 saturated carbocycles. The van der Waals surface area contributed by atoms with Crippen LogP contribution in [0.5, 0.6) is 5.75 Å². The molecule has 0 aliphatic carbocycles. The summed E-state index contributed by atoms with van der Waals surface area (Å²) in [5, 5.41) is 0. The minimum Gasteiger partial charge on any atom is -0.489 e. The zero-order valence-electron chi connectivity index (χ0n) is 11.3. The van der Waals surface area contributed by atoms with Crippen molar-refractivity contribution in [2.75, 3.05) is 13.1 Å². The van der Waals surface area contributed by atoms with Crippen LogP contribution in [0.2, 0.25) is 0 Å². The highest BCUT2D eigenvalue weighted by atomic mass is 16.5. The van der Waals surface area contributed by atoms with E-state index in [4.69, 9.17) is 4.74 Å². The van der Waals surface area contributed by atoms with E-state index in [0.29, 0.717) is 6.54 Å². The molecule has 3 heteroatoms. The molecule has 1 aliphatic heterocycles. The van der Waals surface area contributed by atoms with E-state index in [2.05, 4.69) is 6.07 Å². The number of nitrogens with zero attached hydrogens (tertiary/aromatic N) is 1. The third-order valence-corrected chi connectivity index (χ3v) is 3.06. The molecule has 1 atom stereocenters. The van der Waals surface area contributed by atoms with Crippen molar-refractivity contribution in [1.82, 2.24) is 4.90 Å². The summed E-state index contributed by atoms with van der Waals surface area (Å²) in [5.74, 6) is 1.05. The first kappa shape index (κ1) is 12.9. The Kier molecular flexibility index (Phi) is 3.60. The molecular weight excluding hydrogens is 226 g/mol.